The molecule has 0 aliphatic carbocycles. The lowest BCUT2D eigenvalue weighted by Crippen LogP contribution is -2.24. The number of hydrogen-bond donors (Lipinski definition) is 0. The quantitative estimate of drug-likeness (QED) is 0.633. The summed E-state index contributed by atoms with van der Waals surface area (Å²) in [7, 11) is 1.77. The van der Waals surface area contributed by atoms with Crippen LogP contribution in [-0.2, 0) is 4.79 Å². The summed E-state index contributed by atoms with van der Waals surface area (Å²) >= 11 is 0. The molecule has 1 aromatic rings. The first-order chi connectivity index (χ1) is 6.74. The summed E-state index contributed by atoms with van der Waals surface area (Å²) in [6.45, 7) is 0.743. The van der Waals surface area contributed by atoms with Crippen molar-refractivity contribution in [2.45, 2.75) is 12.5 Å². The van der Waals surface area contributed by atoms with Crippen LogP contribution in [0.2, 0.25) is 0 Å². The Morgan fingerprint density at radius 2 is 2.50 bits per heavy atom. The van der Waals surface area contributed by atoms with Gasteiger partial charge in [0.05, 0.1) is 0 Å². The van der Waals surface area contributed by atoms with Gasteiger partial charge in [0.1, 0.15) is 12.1 Å². The number of carbonyl (C=O) groups excluding carboxylic acids is 1. The van der Waals surface area contributed by atoms with Crippen LogP contribution >= 0.6 is 0 Å². The van der Waals surface area contributed by atoms with Crippen LogP contribution in [0.4, 0.5) is 0 Å². The van der Waals surface area contributed by atoms with Gasteiger partial charge in [-0.25, -0.2) is 4.98 Å². The molecule has 1 unspecified atom stereocenters. The van der Waals surface area contributed by atoms with Crippen molar-refractivity contribution in [1.29, 1.82) is 5.26 Å². The maximum atomic E-state index is 11.6. The number of hydrogen-bond acceptors (Lipinski definition) is 3. The average molecular weight is 190 g/mol. The number of rotatable bonds is 1. The Morgan fingerprint density at radius 1 is 1.71 bits per heavy atom. The summed E-state index contributed by atoms with van der Waals surface area (Å²) in [6, 6.07) is 1.73. The van der Waals surface area contributed by atoms with Gasteiger partial charge in [0.2, 0.25) is 11.7 Å². The van der Waals surface area contributed by atoms with Gasteiger partial charge < -0.3 is 9.47 Å². The van der Waals surface area contributed by atoms with Gasteiger partial charge in [-0.15, -0.1) is 0 Å². The first-order valence-corrected chi connectivity index (χ1v) is 4.42. The molecule has 1 aliphatic heterocycles. The molecule has 14 heavy (non-hydrogen) atoms. The van der Waals surface area contributed by atoms with Gasteiger partial charge in [0.15, 0.2) is 0 Å². The molecule has 0 aromatic carbocycles. The van der Waals surface area contributed by atoms with E-state index in [-0.39, 0.29) is 11.9 Å². The summed E-state index contributed by atoms with van der Waals surface area (Å²) in [5.74, 6) is 0.359. The highest BCUT2D eigenvalue weighted by molar-refractivity contribution is 5.82. The normalized spacial score (nSPS) is 21.3. The molecule has 72 valence electrons. The highest BCUT2D eigenvalue weighted by atomic mass is 16.2. The second kappa shape index (κ2) is 3.14. The monoisotopic (exact) mass is 190 g/mol. The van der Waals surface area contributed by atoms with Gasteiger partial charge in [-0.1, -0.05) is 0 Å². The van der Waals surface area contributed by atoms with Crippen molar-refractivity contribution in [1.82, 2.24) is 14.5 Å². The molecule has 1 aromatic heterocycles. The minimum atomic E-state index is -0.239. The third-order valence-electron chi connectivity index (χ3n) is 2.50. The van der Waals surface area contributed by atoms with Gasteiger partial charge in [0, 0.05) is 26.0 Å². The molecule has 1 amide bonds. The molecule has 1 atom stereocenters. The minimum Gasteiger partial charge on any atom is -0.344 e. The summed E-state index contributed by atoms with van der Waals surface area (Å²) in [4.78, 5) is 17.2. The average Bonchev–Trinajstić information content (AvgIpc) is 2.75. The first-order valence-electron chi connectivity index (χ1n) is 4.42. The first kappa shape index (κ1) is 8.75. The standard InChI is InChI=1S/C9H10N4O/c1-12-4-2-7(9(12)14)13-5-3-11-8(13)6-10/h3,5,7H,2,4H2,1H3. The van der Waals surface area contributed by atoms with Crippen molar-refractivity contribution in [2.24, 2.45) is 0 Å². The maximum absolute atomic E-state index is 11.6. The molecule has 5 heteroatoms. The Hall–Kier alpha value is -1.83. The fourth-order valence-corrected chi connectivity index (χ4v) is 1.71. The van der Waals surface area contributed by atoms with E-state index in [0.29, 0.717) is 5.82 Å². The van der Waals surface area contributed by atoms with Gasteiger partial charge in [-0.05, 0) is 6.42 Å². The second-order valence-corrected chi connectivity index (χ2v) is 3.33. The molecule has 0 bridgehead atoms. The predicted molar refractivity (Wildman–Crippen MR) is 48.2 cm³/mol. The number of carbonyl (C=O) groups is 1. The maximum Gasteiger partial charge on any atom is 0.245 e. The fourth-order valence-electron chi connectivity index (χ4n) is 1.71. The molecular formula is C9H10N4O. The molecule has 5 nitrogen and oxygen atoms in total. The molecule has 0 spiro atoms. The SMILES string of the molecule is CN1CCC(n2ccnc2C#N)C1=O. The van der Waals surface area contributed by atoms with E-state index in [0.717, 1.165) is 13.0 Å². The summed E-state index contributed by atoms with van der Waals surface area (Å²) in [6.07, 6.45) is 3.98. The summed E-state index contributed by atoms with van der Waals surface area (Å²) in [5, 5.41) is 8.76. The smallest absolute Gasteiger partial charge is 0.245 e. The topological polar surface area (TPSA) is 61.9 Å². The number of aromatic nitrogens is 2. The summed E-state index contributed by atoms with van der Waals surface area (Å²) in [5.41, 5.74) is 0. The lowest BCUT2D eigenvalue weighted by molar-refractivity contribution is -0.129. The number of likely N-dealkylation sites (tertiary alicyclic amines) is 1. The van der Waals surface area contributed by atoms with Crippen LogP contribution in [0.3, 0.4) is 0 Å². The Morgan fingerprint density at radius 3 is 3.07 bits per heavy atom. The van der Waals surface area contributed by atoms with E-state index >= 15 is 0 Å². The lowest BCUT2D eigenvalue weighted by Gasteiger charge is -2.11. The third kappa shape index (κ3) is 1.16. The molecule has 1 saturated heterocycles. The Kier molecular flexibility index (Phi) is 1.97. The summed E-state index contributed by atoms with van der Waals surface area (Å²) < 4.78 is 1.64. The largest absolute Gasteiger partial charge is 0.344 e. The minimum absolute atomic E-state index is 0.0551. The molecule has 0 saturated carbocycles. The third-order valence-corrected chi connectivity index (χ3v) is 2.50. The zero-order valence-electron chi connectivity index (χ0n) is 7.84. The van der Waals surface area contributed by atoms with Crippen LogP contribution in [0.5, 0.6) is 0 Å². The van der Waals surface area contributed by atoms with Gasteiger partial charge >= 0.3 is 0 Å². The van der Waals surface area contributed by atoms with Crippen LogP contribution in [0.15, 0.2) is 12.4 Å². The zero-order valence-corrected chi connectivity index (χ0v) is 7.84. The van der Waals surface area contributed by atoms with Crippen LogP contribution in [-0.4, -0.2) is 34.0 Å². The van der Waals surface area contributed by atoms with E-state index < -0.39 is 0 Å². The van der Waals surface area contributed by atoms with E-state index in [1.165, 1.54) is 0 Å². The van der Waals surface area contributed by atoms with Crippen LogP contribution in [0.25, 0.3) is 0 Å². The number of likely N-dealkylation sites (N-methyl/N-ethyl adjacent to an activating group) is 1. The lowest BCUT2D eigenvalue weighted by atomic mass is 10.2. The predicted octanol–water partition coefficient (Wildman–Crippen LogP) is 0.158. The molecule has 0 radical (unpaired) electrons. The zero-order chi connectivity index (χ0) is 10.1. The highest BCUT2D eigenvalue weighted by Gasteiger charge is 2.31. The molecule has 0 N–H and O–H groups in total. The molecule has 1 fully saturated rings. The molecule has 2 heterocycles. The van der Waals surface area contributed by atoms with Crippen molar-refractivity contribution in [3.8, 4) is 6.07 Å². The van der Waals surface area contributed by atoms with Gasteiger partial charge in [-0.2, -0.15) is 5.26 Å². The van der Waals surface area contributed by atoms with Gasteiger partial charge in [-0.3, -0.25) is 4.79 Å². The Labute approximate surface area is 81.6 Å². The van der Waals surface area contributed by atoms with E-state index in [1.54, 1.807) is 28.9 Å². The van der Waals surface area contributed by atoms with Gasteiger partial charge in [0.25, 0.3) is 0 Å². The van der Waals surface area contributed by atoms with E-state index in [4.69, 9.17) is 5.26 Å². The van der Waals surface area contributed by atoms with Crippen molar-refractivity contribution >= 4 is 5.91 Å². The van der Waals surface area contributed by atoms with Crippen molar-refractivity contribution in [2.75, 3.05) is 13.6 Å². The number of imidazole rings is 1. The van der Waals surface area contributed by atoms with Crippen LogP contribution < -0.4 is 0 Å². The van der Waals surface area contributed by atoms with E-state index in [9.17, 15) is 4.79 Å². The molecule has 1 aliphatic rings. The number of nitrogens with zero attached hydrogens (tertiary/aromatic N) is 4. The van der Waals surface area contributed by atoms with Crippen molar-refractivity contribution in [3.63, 3.8) is 0 Å². The van der Waals surface area contributed by atoms with Crippen molar-refractivity contribution < 1.29 is 4.79 Å². The van der Waals surface area contributed by atoms with E-state index in [1.807, 2.05) is 6.07 Å². The molecular weight excluding hydrogens is 180 g/mol. The second-order valence-electron chi connectivity index (χ2n) is 3.33. The van der Waals surface area contributed by atoms with Crippen LogP contribution in [0.1, 0.15) is 18.3 Å². The van der Waals surface area contributed by atoms with Crippen LogP contribution in [0, 0.1) is 11.3 Å². The fraction of sp³-hybridized carbons (Fsp3) is 0.444. The van der Waals surface area contributed by atoms with Crippen molar-refractivity contribution in [3.05, 3.63) is 18.2 Å². The Bertz CT molecular complexity index is 403. The van der Waals surface area contributed by atoms with E-state index in [2.05, 4.69) is 4.98 Å². The highest BCUT2D eigenvalue weighted by Crippen LogP contribution is 2.22. The molecule has 2 rings (SSSR count). The number of nitriles is 1. The Balaban J connectivity index is 2.33. The number of amides is 1.